The van der Waals surface area contributed by atoms with Gasteiger partial charge in [0.2, 0.25) is 11.9 Å². The quantitative estimate of drug-likeness (QED) is 0.641. The van der Waals surface area contributed by atoms with Crippen molar-refractivity contribution in [2.45, 2.75) is 25.9 Å². The van der Waals surface area contributed by atoms with Crippen LogP contribution in [0.15, 0.2) is 53.5 Å². The van der Waals surface area contributed by atoms with Gasteiger partial charge >= 0.3 is 5.97 Å². The molecule has 6 nitrogen and oxygen atoms in total. The van der Waals surface area contributed by atoms with Gasteiger partial charge < -0.3 is 9.64 Å². The van der Waals surface area contributed by atoms with Crippen molar-refractivity contribution in [2.24, 2.45) is 10.9 Å². The minimum absolute atomic E-state index is 0.131. The molecule has 0 spiro atoms. The van der Waals surface area contributed by atoms with Gasteiger partial charge in [0.1, 0.15) is 11.9 Å². The first-order valence-corrected chi connectivity index (χ1v) is 9.70. The molecule has 29 heavy (non-hydrogen) atoms. The van der Waals surface area contributed by atoms with Crippen molar-refractivity contribution >= 4 is 17.8 Å². The number of halogens is 1. The van der Waals surface area contributed by atoms with Crippen molar-refractivity contribution in [2.75, 3.05) is 13.2 Å². The van der Waals surface area contributed by atoms with Gasteiger partial charge in [0.05, 0.1) is 6.61 Å². The van der Waals surface area contributed by atoms with Crippen LogP contribution in [0, 0.1) is 11.7 Å². The molecule has 0 unspecified atom stereocenters. The summed E-state index contributed by atoms with van der Waals surface area (Å²) in [6, 6.07) is 13.2. The number of guanidine groups is 1. The molecule has 0 bridgehead atoms. The Labute approximate surface area is 168 Å². The molecule has 150 valence electrons. The lowest BCUT2D eigenvalue weighted by molar-refractivity contribution is -0.153. The minimum Gasteiger partial charge on any atom is -0.465 e. The van der Waals surface area contributed by atoms with Gasteiger partial charge in [-0.3, -0.25) is 14.9 Å². The molecule has 2 heterocycles. The molecule has 2 atom stereocenters. The Morgan fingerprint density at radius 3 is 2.69 bits per heavy atom. The van der Waals surface area contributed by atoms with E-state index in [4.69, 9.17) is 4.74 Å². The van der Waals surface area contributed by atoms with Gasteiger partial charge in [0.15, 0.2) is 5.92 Å². The molecule has 7 heteroatoms. The van der Waals surface area contributed by atoms with E-state index >= 15 is 0 Å². The fourth-order valence-electron chi connectivity index (χ4n) is 3.84. The molecule has 4 rings (SSSR count). The fraction of sp³-hybridized carbons (Fsp3) is 0.318. The van der Waals surface area contributed by atoms with E-state index < -0.39 is 29.7 Å². The van der Waals surface area contributed by atoms with E-state index in [1.807, 2.05) is 23.1 Å². The Hall–Kier alpha value is -3.22. The van der Waals surface area contributed by atoms with E-state index in [2.05, 4.69) is 16.4 Å². The molecule has 0 saturated heterocycles. The number of nitrogens with one attached hydrogen (secondary N) is 1. The number of hydrogen-bond donors (Lipinski definition) is 1. The van der Waals surface area contributed by atoms with Crippen LogP contribution in [0.1, 0.15) is 29.7 Å². The van der Waals surface area contributed by atoms with Crippen LogP contribution >= 0.6 is 0 Å². The molecule has 2 aliphatic heterocycles. The largest absolute Gasteiger partial charge is 0.465 e. The molecular formula is C22H22FN3O3. The van der Waals surface area contributed by atoms with Crippen molar-refractivity contribution in [3.63, 3.8) is 0 Å². The summed E-state index contributed by atoms with van der Waals surface area (Å²) in [5.74, 6) is -2.61. The SMILES string of the molecule is CCOC(=O)[C@H]1C(=O)NC(N2CCc3ccccc3C2)=N[C@@H]1c1ccccc1F. The zero-order valence-corrected chi connectivity index (χ0v) is 16.1. The normalized spacial score (nSPS) is 21.1. The Kier molecular flexibility index (Phi) is 5.29. The molecule has 2 aliphatic rings. The van der Waals surface area contributed by atoms with Crippen molar-refractivity contribution in [1.82, 2.24) is 10.2 Å². The summed E-state index contributed by atoms with van der Waals surface area (Å²) in [5.41, 5.74) is 2.63. The van der Waals surface area contributed by atoms with E-state index in [1.54, 1.807) is 25.1 Å². The van der Waals surface area contributed by atoms with Crippen LogP contribution in [0.2, 0.25) is 0 Å². The monoisotopic (exact) mass is 395 g/mol. The van der Waals surface area contributed by atoms with Crippen LogP contribution < -0.4 is 5.32 Å². The molecule has 1 amide bonds. The van der Waals surface area contributed by atoms with Gasteiger partial charge in [0.25, 0.3) is 0 Å². The maximum absolute atomic E-state index is 14.5. The summed E-state index contributed by atoms with van der Waals surface area (Å²) in [7, 11) is 0. The van der Waals surface area contributed by atoms with Crippen molar-refractivity contribution in [3.8, 4) is 0 Å². The van der Waals surface area contributed by atoms with Crippen LogP contribution in [0.25, 0.3) is 0 Å². The van der Waals surface area contributed by atoms with Crippen LogP contribution in [0.5, 0.6) is 0 Å². The Bertz CT molecular complexity index is 975. The van der Waals surface area contributed by atoms with Gasteiger partial charge in [-0.25, -0.2) is 9.38 Å². The summed E-state index contributed by atoms with van der Waals surface area (Å²) in [6.45, 7) is 3.05. The zero-order valence-electron chi connectivity index (χ0n) is 16.1. The second-order valence-electron chi connectivity index (χ2n) is 7.08. The number of ether oxygens (including phenoxy) is 1. The predicted octanol–water partition coefficient (Wildman–Crippen LogP) is 2.59. The number of fused-ring (bicyclic) bond motifs is 1. The first-order valence-electron chi connectivity index (χ1n) is 9.70. The number of aliphatic imine (C=N–C) groups is 1. The standard InChI is InChI=1S/C22H22FN3O3/c1-2-29-21(28)18-19(16-9-5-6-10-17(16)23)24-22(25-20(18)27)26-12-11-14-7-3-4-8-15(14)13-26/h3-10,18-19H,2,11-13H2,1H3,(H,24,25,27)/t18-,19-/m1/s1. The molecule has 2 aromatic carbocycles. The number of esters is 1. The first-order chi connectivity index (χ1) is 14.1. The molecule has 1 N–H and O–H groups in total. The number of amides is 1. The highest BCUT2D eigenvalue weighted by molar-refractivity contribution is 6.08. The number of benzene rings is 2. The predicted molar refractivity (Wildman–Crippen MR) is 105 cm³/mol. The third-order valence-electron chi connectivity index (χ3n) is 5.29. The topological polar surface area (TPSA) is 71.0 Å². The summed E-state index contributed by atoms with van der Waals surface area (Å²) in [4.78, 5) is 31.9. The maximum atomic E-state index is 14.5. The summed E-state index contributed by atoms with van der Waals surface area (Å²) >= 11 is 0. The lowest BCUT2D eigenvalue weighted by Gasteiger charge is -2.36. The van der Waals surface area contributed by atoms with Crippen LogP contribution in [-0.4, -0.2) is 35.9 Å². The Morgan fingerprint density at radius 1 is 1.21 bits per heavy atom. The van der Waals surface area contributed by atoms with Gasteiger partial charge in [-0.05, 0) is 30.5 Å². The lowest BCUT2D eigenvalue weighted by Crippen LogP contribution is -2.53. The molecule has 0 aliphatic carbocycles. The third kappa shape index (κ3) is 3.72. The number of carbonyl (C=O) groups excluding carboxylic acids is 2. The van der Waals surface area contributed by atoms with E-state index in [9.17, 15) is 14.0 Å². The van der Waals surface area contributed by atoms with Gasteiger partial charge in [-0.2, -0.15) is 0 Å². The number of rotatable bonds is 3. The molecule has 2 aromatic rings. The molecular weight excluding hydrogens is 373 g/mol. The van der Waals surface area contributed by atoms with Crippen molar-refractivity contribution < 1.29 is 18.7 Å². The van der Waals surface area contributed by atoms with Gasteiger partial charge in [-0.15, -0.1) is 0 Å². The number of carbonyl (C=O) groups is 2. The maximum Gasteiger partial charge on any atom is 0.321 e. The Morgan fingerprint density at radius 2 is 1.93 bits per heavy atom. The van der Waals surface area contributed by atoms with Gasteiger partial charge in [-0.1, -0.05) is 42.5 Å². The number of nitrogens with zero attached hydrogens (tertiary/aromatic N) is 2. The number of hydrogen-bond acceptors (Lipinski definition) is 5. The zero-order chi connectivity index (χ0) is 20.4. The average Bonchev–Trinajstić information content (AvgIpc) is 2.73. The third-order valence-corrected chi connectivity index (χ3v) is 5.29. The summed E-state index contributed by atoms with van der Waals surface area (Å²) in [5, 5.41) is 2.74. The van der Waals surface area contributed by atoms with Crippen LogP contribution in [-0.2, 0) is 27.3 Å². The van der Waals surface area contributed by atoms with Crippen LogP contribution in [0.4, 0.5) is 4.39 Å². The summed E-state index contributed by atoms with van der Waals surface area (Å²) < 4.78 is 19.6. The lowest BCUT2D eigenvalue weighted by atomic mass is 9.91. The average molecular weight is 395 g/mol. The van der Waals surface area contributed by atoms with Crippen molar-refractivity contribution in [1.29, 1.82) is 0 Å². The first kappa shape index (κ1) is 19.1. The molecule has 0 radical (unpaired) electrons. The highest BCUT2D eigenvalue weighted by Crippen LogP contribution is 2.33. The Balaban J connectivity index is 1.70. The summed E-state index contributed by atoms with van der Waals surface area (Å²) in [6.07, 6.45) is 0.816. The molecule has 0 saturated carbocycles. The second-order valence-corrected chi connectivity index (χ2v) is 7.08. The van der Waals surface area contributed by atoms with Gasteiger partial charge in [0, 0.05) is 18.7 Å². The highest BCUT2D eigenvalue weighted by Gasteiger charge is 2.43. The van der Waals surface area contributed by atoms with E-state index in [1.165, 1.54) is 11.6 Å². The van der Waals surface area contributed by atoms with E-state index in [-0.39, 0.29) is 12.2 Å². The smallest absolute Gasteiger partial charge is 0.321 e. The molecule has 0 aromatic heterocycles. The van der Waals surface area contributed by atoms with E-state index in [0.717, 1.165) is 12.0 Å². The minimum atomic E-state index is -1.23. The second kappa shape index (κ2) is 8.03. The fourth-order valence-corrected chi connectivity index (χ4v) is 3.84. The van der Waals surface area contributed by atoms with Crippen LogP contribution in [0.3, 0.4) is 0 Å². The highest BCUT2D eigenvalue weighted by atomic mass is 19.1. The molecule has 0 fully saturated rings. The van der Waals surface area contributed by atoms with Crippen molar-refractivity contribution in [3.05, 3.63) is 71.0 Å². The van der Waals surface area contributed by atoms with E-state index in [0.29, 0.717) is 19.0 Å².